The second-order valence-corrected chi connectivity index (χ2v) is 3.89. The van der Waals surface area contributed by atoms with E-state index in [1.54, 1.807) is 6.07 Å². The first-order valence-corrected chi connectivity index (χ1v) is 5.39. The molecular formula is C12H13N5O. The number of carbonyl (C=O) groups is 1. The van der Waals surface area contributed by atoms with Gasteiger partial charge < -0.3 is 5.73 Å². The minimum absolute atomic E-state index is 0.265. The predicted octanol–water partition coefficient (Wildman–Crippen LogP) is 1.32. The predicted molar refractivity (Wildman–Crippen MR) is 68.1 cm³/mol. The van der Waals surface area contributed by atoms with Gasteiger partial charge in [0.25, 0.3) is 5.91 Å². The van der Waals surface area contributed by atoms with E-state index in [4.69, 9.17) is 5.73 Å². The van der Waals surface area contributed by atoms with Crippen molar-refractivity contribution in [2.75, 3.05) is 11.1 Å². The van der Waals surface area contributed by atoms with Crippen LogP contribution in [0.4, 0.5) is 11.6 Å². The molecule has 3 N–H and O–H groups in total. The van der Waals surface area contributed by atoms with Crippen molar-refractivity contribution >= 4 is 17.5 Å². The number of aryl methyl sites for hydroxylation is 2. The molecule has 0 aliphatic carbocycles. The molecule has 0 saturated heterocycles. The molecule has 0 aromatic carbocycles. The van der Waals surface area contributed by atoms with Gasteiger partial charge in [0.2, 0.25) is 5.95 Å². The maximum Gasteiger partial charge on any atom is 0.261 e. The quantitative estimate of drug-likeness (QED) is 0.829. The number of nitrogens with zero attached hydrogens (tertiary/aromatic N) is 3. The molecule has 6 heteroatoms. The maximum absolute atomic E-state index is 11.9. The number of hydrogen-bond donors (Lipinski definition) is 2. The maximum atomic E-state index is 11.9. The van der Waals surface area contributed by atoms with Crippen LogP contribution in [-0.2, 0) is 0 Å². The summed E-state index contributed by atoms with van der Waals surface area (Å²) in [4.78, 5) is 24.1. The summed E-state index contributed by atoms with van der Waals surface area (Å²) in [5.41, 5.74) is 7.94. The molecule has 0 spiro atoms. The highest BCUT2D eigenvalue weighted by Gasteiger charge is 2.11. The number of aromatic nitrogens is 3. The van der Waals surface area contributed by atoms with Gasteiger partial charge in [0.05, 0.1) is 5.56 Å². The number of anilines is 2. The number of hydrogen-bond acceptors (Lipinski definition) is 5. The topological polar surface area (TPSA) is 93.8 Å². The first-order valence-electron chi connectivity index (χ1n) is 5.39. The molecule has 0 unspecified atom stereocenters. The number of rotatable bonds is 2. The van der Waals surface area contributed by atoms with Crippen LogP contribution in [0.3, 0.4) is 0 Å². The average molecular weight is 243 g/mol. The van der Waals surface area contributed by atoms with E-state index >= 15 is 0 Å². The molecule has 92 valence electrons. The molecular weight excluding hydrogens is 230 g/mol. The van der Waals surface area contributed by atoms with Crippen LogP contribution in [0.2, 0.25) is 0 Å². The Bertz CT molecular complexity index is 577. The van der Waals surface area contributed by atoms with E-state index in [9.17, 15) is 4.79 Å². The van der Waals surface area contributed by atoms with Gasteiger partial charge in [-0.2, -0.15) is 0 Å². The molecule has 2 aromatic rings. The van der Waals surface area contributed by atoms with Gasteiger partial charge in [-0.1, -0.05) is 0 Å². The lowest BCUT2D eigenvalue weighted by atomic mass is 10.2. The van der Waals surface area contributed by atoms with Crippen molar-refractivity contribution in [2.24, 2.45) is 0 Å². The van der Waals surface area contributed by atoms with Gasteiger partial charge in [-0.15, -0.1) is 0 Å². The Morgan fingerprint density at radius 3 is 2.56 bits per heavy atom. The number of nitrogen functional groups attached to an aromatic ring is 1. The molecule has 0 saturated carbocycles. The Morgan fingerprint density at radius 2 is 1.94 bits per heavy atom. The lowest BCUT2D eigenvalue weighted by Crippen LogP contribution is -2.16. The Hall–Kier alpha value is -2.50. The highest BCUT2D eigenvalue weighted by molar-refractivity contribution is 6.06. The molecule has 6 nitrogen and oxygen atoms in total. The zero-order chi connectivity index (χ0) is 13.1. The van der Waals surface area contributed by atoms with E-state index in [0.717, 1.165) is 11.4 Å². The summed E-state index contributed by atoms with van der Waals surface area (Å²) in [6.45, 7) is 3.67. The Morgan fingerprint density at radius 1 is 1.28 bits per heavy atom. The molecule has 0 radical (unpaired) electrons. The van der Waals surface area contributed by atoms with Gasteiger partial charge in [-0.3, -0.25) is 15.1 Å². The molecule has 0 bridgehead atoms. The van der Waals surface area contributed by atoms with Gasteiger partial charge in [0.15, 0.2) is 0 Å². The number of amides is 1. The third-order valence-corrected chi connectivity index (χ3v) is 2.31. The van der Waals surface area contributed by atoms with Crippen LogP contribution in [0.15, 0.2) is 24.5 Å². The Balaban J connectivity index is 2.24. The highest BCUT2D eigenvalue weighted by atomic mass is 16.1. The fourth-order valence-corrected chi connectivity index (χ4v) is 1.55. The van der Waals surface area contributed by atoms with E-state index in [1.807, 2.05) is 19.9 Å². The average Bonchev–Trinajstić information content (AvgIpc) is 2.27. The number of nitrogens with two attached hydrogens (primary N) is 1. The van der Waals surface area contributed by atoms with Crippen LogP contribution in [0, 0.1) is 13.8 Å². The van der Waals surface area contributed by atoms with Crippen molar-refractivity contribution in [3.8, 4) is 0 Å². The lowest BCUT2D eigenvalue weighted by molar-refractivity contribution is 0.102. The molecule has 18 heavy (non-hydrogen) atoms. The van der Waals surface area contributed by atoms with Crippen LogP contribution < -0.4 is 11.1 Å². The summed E-state index contributed by atoms with van der Waals surface area (Å²) >= 11 is 0. The smallest absolute Gasteiger partial charge is 0.261 e. The molecule has 2 aromatic heterocycles. The lowest BCUT2D eigenvalue weighted by Gasteiger charge is -2.06. The standard InChI is InChI=1S/C12H13N5O/c1-7-5-8(2)16-12(15-7)17-11(18)9-6-14-4-3-10(9)13/h3-6H,1-2H3,(H2,13,14)(H,15,16,17,18). The van der Waals surface area contributed by atoms with Crippen molar-refractivity contribution in [1.29, 1.82) is 0 Å². The zero-order valence-corrected chi connectivity index (χ0v) is 10.1. The normalized spacial score (nSPS) is 10.1. The van der Waals surface area contributed by atoms with E-state index in [-0.39, 0.29) is 11.9 Å². The minimum Gasteiger partial charge on any atom is -0.398 e. The Kier molecular flexibility index (Phi) is 3.18. The first kappa shape index (κ1) is 12.0. The van der Waals surface area contributed by atoms with Crippen LogP contribution in [0.5, 0.6) is 0 Å². The zero-order valence-electron chi connectivity index (χ0n) is 10.1. The van der Waals surface area contributed by atoms with Gasteiger partial charge in [0, 0.05) is 29.5 Å². The summed E-state index contributed by atoms with van der Waals surface area (Å²) in [5.74, 6) is -0.105. The summed E-state index contributed by atoms with van der Waals surface area (Å²) < 4.78 is 0. The molecule has 1 amide bonds. The summed E-state index contributed by atoms with van der Waals surface area (Å²) in [6.07, 6.45) is 2.94. The van der Waals surface area contributed by atoms with Crippen molar-refractivity contribution < 1.29 is 4.79 Å². The summed E-state index contributed by atoms with van der Waals surface area (Å²) in [7, 11) is 0. The number of pyridine rings is 1. The molecule has 2 rings (SSSR count). The third-order valence-electron chi connectivity index (χ3n) is 2.31. The second-order valence-electron chi connectivity index (χ2n) is 3.89. The number of nitrogens with one attached hydrogen (secondary N) is 1. The van der Waals surface area contributed by atoms with Crippen molar-refractivity contribution in [3.63, 3.8) is 0 Å². The van der Waals surface area contributed by atoms with Gasteiger partial charge in [-0.25, -0.2) is 9.97 Å². The van der Waals surface area contributed by atoms with E-state index in [1.165, 1.54) is 12.4 Å². The van der Waals surface area contributed by atoms with Crippen molar-refractivity contribution in [1.82, 2.24) is 15.0 Å². The molecule has 2 heterocycles. The highest BCUT2D eigenvalue weighted by Crippen LogP contribution is 2.11. The minimum atomic E-state index is -0.370. The van der Waals surface area contributed by atoms with Gasteiger partial charge in [-0.05, 0) is 26.0 Å². The van der Waals surface area contributed by atoms with E-state index < -0.39 is 0 Å². The third kappa shape index (κ3) is 2.60. The number of carbonyl (C=O) groups excluding carboxylic acids is 1. The van der Waals surface area contributed by atoms with Crippen LogP contribution >= 0.6 is 0 Å². The van der Waals surface area contributed by atoms with E-state index in [2.05, 4.69) is 20.3 Å². The SMILES string of the molecule is Cc1cc(C)nc(NC(=O)c2cnccc2N)n1. The van der Waals surface area contributed by atoms with Crippen molar-refractivity contribution in [2.45, 2.75) is 13.8 Å². The fourth-order valence-electron chi connectivity index (χ4n) is 1.55. The van der Waals surface area contributed by atoms with Crippen LogP contribution in [-0.4, -0.2) is 20.9 Å². The molecule has 0 fully saturated rings. The molecule has 0 aliphatic rings. The molecule has 0 atom stereocenters. The van der Waals surface area contributed by atoms with Crippen LogP contribution in [0.1, 0.15) is 21.7 Å². The Labute approximate surface area is 104 Å². The van der Waals surface area contributed by atoms with Gasteiger partial charge in [0.1, 0.15) is 0 Å². The van der Waals surface area contributed by atoms with Crippen molar-refractivity contribution in [3.05, 3.63) is 41.5 Å². The van der Waals surface area contributed by atoms with Crippen LogP contribution in [0.25, 0.3) is 0 Å². The monoisotopic (exact) mass is 243 g/mol. The largest absolute Gasteiger partial charge is 0.398 e. The first-order chi connectivity index (χ1) is 8.56. The summed E-state index contributed by atoms with van der Waals surface area (Å²) in [6, 6.07) is 3.39. The second kappa shape index (κ2) is 4.79. The molecule has 0 aliphatic heterocycles. The van der Waals surface area contributed by atoms with E-state index in [0.29, 0.717) is 11.3 Å². The van der Waals surface area contributed by atoms with Gasteiger partial charge >= 0.3 is 0 Å². The summed E-state index contributed by atoms with van der Waals surface area (Å²) in [5, 5.41) is 2.60. The fraction of sp³-hybridized carbons (Fsp3) is 0.167.